The van der Waals surface area contributed by atoms with Gasteiger partial charge in [0.15, 0.2) is 0 Å². The molecule has 1 heterocycles. The highest BCUT2D eigenvalue weighted by molar-refractivity contribution is 4.76. The number of hydrogen-bond donors (Lipinski definition) is 1. The molecule has 2 nitrogen and oxygen atoms in total. The van der Waals surface area contributed by atoms with Gasteiger partial charge in [-0.1, -0.05) is 6.92 Å². The maximum absolute atomic E-state index is 11.9. The Kier molecular flexibility index (Phi) is 6.27. The van der Waals surface area contributed by atoms with Crippen molar-refractivity contribution in [3.63, 3.8) is 0 Å². The van der Waals surface area contributed by atoms with Gasteiger partial charge in [0.25, 0.3) is 0 Å². The molecule has 102 valence electrons. The third-order valence-electron chi connectivity index (χ3n) is 3.20. The molecule has 0 aromatic heterocycles. The van der Waals surface area contributed by atoms with Gasteiger partial charge in [0.2, 0.25) is 0 Å². The van der Waals surface area contributed by atoms with Crippen LogP contribution in [0.2, 0.25) is 0 Å². The van der Waals surface area contributed by atoms with E-state index in [1.807, 2.05) is 0 Å². The van der Waals surface area contributed by atoms with E-state index in [2.05, 4.69) is 17.1 Å². The van der Waals surface area contributed by atoms with Crippen LogP contribution in [0.1, 0.15) is 39.0 Å². The van der Waals surface area contributed by atoms with Crippen LogP contribution in [0.15, 0.2) is 0 Å². The summed E-state index contributed by atoms with van der Waals surface area (Å²) in [5.74, 6) is 0. The Morgan fingerprint density at radius 1 is 1.24 bits per heavy atom. The molecule has 1 fully saturated rings. The van der Waals surface area contributed by atoms with E-state index in [1.54, 1.807) is 0 Å². The van der Waals surface area contributed by atoms with Crippen molar-refractivity contribution in [3.8, 4) is 0 Å². The minimum absolute atomic E-state index is 0.193. The summed E-state index contributed by atoms with van der Waals surface area (Å²) in [5.41, 5.74) is 0. The van der Waals surface area contributed by atoms with E-state index in [-0.39, 0.29) is 6.42 Å². The largest absolute Gasteiger partial charge is 0.389 e. The van der Waals surface area contributed by atoms with Gasteiger partial charge in [-0.05, 0) is 51.9 Å². The molecule has 0 radical (unpaired) electrons. The van der Waals surface area contributed by atoms with Gasteiger partial charge in [-0.25, -0.2) is 0 Å². The SMILES string of the molecule is CCCN1CCC(NCCCC(F)(F)F)CC1. The molecule has 17 heavy (non-hydrogen) atoms. The second-order valence-corrected chi connectivity index (χ2v) is 4.79. The molecule has 1 saturated heterocycles. The Hall–Kier alpha value is -0.290. The average molecular weight is 252 g/mol. The monoisotopic (exact) mass is 252 g/mol. The van der Waals surface area contributed by atoms with Gasteiger partial charge in [0, 0.05) is 12.5 Å². The van der Waals surface area contributed by atoms with Crippen LogP contribution in [0.5, 0.6) is 0 Å². The molecule has 1 aliphatic rings. The van der Waals surface area contributed by atoms with Crippen molar-refractivity contribution in [2.45, 2.75) is 51.2 Å². The minimum Gasteiger partial charge on any atom is -0.314 e. The Bertz CT molecular complexity index is 198. The molecule has 0 bridgehead atoms. The molecule has 0 aliphatic carbocycles. The molecule has 0 spiro atoms. The zero-order chi connectivity index (χ0) is 12.7. The van der Waals surface area contributed by atoms with Crippen molar-refractivity contribution in [1.29, 1.82) is 0 Å². The third-order valence-corrected chi connectivity index (χ3v) is 3.20. The van der Waals surface area contributed by atoms with E-state index in [9.17, 15) is 13.2 Å². The van der Waals surface area contributed by atoms with Gasteiger partial charge < -0.3 is 10.2 Å². The molecular weight excluding hydrogens is 229 g/mol. The number of hydrogen-bond acceptors (Lipinski definition) is 2. The molecular formula is C12H23F3N2. The molecule has 1 aliphatic heterocycles. The second-order valence-electron chi connectivity index (χ2n) is 4.79. The number of piperidine rings is 1. The molecule has 0 aromatic carbocycles. The maximum Gasteiger partial charge on any atom is 0.389 e. The topological polar surface area (TPSA) is 15.3 Å². The predicted octanol–water partition coefficient (Wildman–Crippen LogP) is 2.79. The summed E-state index contributed by atoms with van der Waals surface area (Å²) in [4.78, 5) is 2.42. The summed E-state index contributed by atoms with van der Waals surface area (Å²) >= 11 is 0. The van der Waals surface area contributed by atoms with Crippen LogP contribution in [0, 0.1) is 0 Å². The minimum atomic E-state index is -4.01. The number of alkyl halides is 3. The van der Waals surface area contributed by atoms with Crippen LogP contribution in [0.3, 0.4) is 0 Å². The first-order valence-electron chi connectivity index (χ1n) is 6.54. The Labute approximate surface area is 102 Å². The summed E-state index contributed by atoms with van der Waals surface area (Å²) < 4.78 is 35.8. The Morgan fingerprint density at radius 3 is 2.41 bits per heavy atom. The van der Waals surface area contributed by atoms with Crippen molar-refractivity contribution >= 4 is 0 Å². The summed E-state index contributed by atoms with van der Waals surface area (Å²) in [6, 6.07) is 0.413. The van der Waals surface area contributed by atoms with Crippen molar-refractivity contribution in [2.75, 3.05) is 26.2 Å². The number of nitrogens with zero attached hydrogens (tertiary/aromatic N) is 1. The Balaban J connectivity index is 2.02. The smallest absolute Gasteiger partial charge is 0.314 e. The molecule has 0 saturated carbocycles. The fraction of sp³-hybridized carbons (Fsp3) is 1.00. The van der Waals surface area contributed by atoms with E-state index in [1.165, 1.54) is 6.42 Å². The molecule has 0 amide bonds. The first-order chi connectivity index (χ1) is 8.01. The first-order valence-corrected chi connectivity index (χ1v) is 6.54. The lowest BCUT2D eigenvalue weighted by molar-refractivity contribution is -0.135. The second kappa shape index (κ2) is 7.21. The zero-order valence-electron chi connectivity index (χ0n) is 10.5. The number of likely N-dealkylation sites (tertiary alicyclic amines) is 1. The van der Waals surface area contributed by atoms with E-state index in [4.69, 9.17) is 0 Å². The Morgan fingerprint density at radius 2 is 1.88 bits per heavy atom. The fourth-order valence-electron chi connectivity index (χ4n) is 2.27. The lowest BCUT2D eigenvalue weighted by atomic mass is 10.0. The normalized spacial score (nSPS) is 19.8. The molecule has 0 aromatic rings. The van der Waals surface area contributed by atoms with Gasteiger partial charge in [-0.2, -0.15) is 13.2 Å². The van der Waals surface area contributed by atoms with E-state index in [0.717, 1.165) is 32.5 Å². The van der Waals surface area contributed by atoms with E-state index < -0.39 is 12.6 Å². The van der Waals surface area contributed by atoms with Crippen molar-refractivity contribution < 1.29 is 13.2 Å². The standard InChI is InChI=1S/C12H23F3N2/c1-2-8-17-9-4-11(5-10-17)16-7-3-6-12(13,14)15/h11,16H,2-10H2,1H3. The van der Waals surface area contributed by atoms with Crippen LogP contribution in [-0.2, 0) is 0 Å². The van der Waals surface area contributed by atoms with Gasteiger partial charge in [0.05, 0.1) is 0 Å². The number of halogens is 3. The highest BCUT2D eigenvalue weighted by atomic mass is 19.4. The predicted molar refractivity (Wildman–Crippen MR) is 63.0 cm³/mol. The highest BCUT2D eigenvalue weighted by Gasteiger charge is 2.26. The average Bonchev–Trinajstić information content (AvgIpc) is 2.26. The lowest BCUT2D eigenvalue weighted by Gasteiger charge is -2.32. The molecule has 0 atom stereocenters. The van der Waals surface area contributed by atoms with Crippen molar-refractivity contribution in [1.82, 2.24) is 10.2 Å². The van der Waals surface area contributed by atoms with Crippen LogP contribution >= 0.6 is 0 Å². The van der Waals surface area contributed by atoms with Crippen molar-refractivity contribution in [3.05, 3.63) is 0 Å². The summed E-state index contributed by atoms with van der Waals surface area (Å²) in [6.45, 7) is 5.94. The quantitative estimate of drug-likeness (QED) is 0.731. The fourth-order valence-corrected chi connectivity index (χ4v) is 2.27. The zero-order valence-corrected chi connectivity index (χ0v) is 10.5. The van der Waals surface area contributed by atoms with Crippen LogP contribution in [0.25, 0.3) is 0 Å². The van der Waals surface area contributed by atoms with Gasteiger partial charge in [-0.3, -0.25) is 0 Å². The van der Waals surface area contributed by atoms with Crippen molar-refractivity contribution in [2.24, 2.45) is 0 Å². The van der Waals surface area contributed by atoms with Crippen LogP contribution < -0.4 is 5.32 Å². The summed E-state index contributed by atoms with van der Waals surface area (Å²) in [5, 5.41) is 3.23. The first kappa shape index (κ1) is 14.8. The molecule has 1 N–H and O–H groups in total. The van der Waals surface area contributed by atoms with Crippen LogP contribution in [-0.4, -0.2) is 43.3 Å². The van der Waals surface area contributed by atoms with Crippen LogP contribution in [0.4, 0.5) is 13.2 Å². The number of nitrogens with one attached hydrogen (secondary N) is 1. The third kappa shape index (κ3) is 6.88. The molecule has 1 rings (SSSR count). The van der Waals surface area contributed by atoms with Gasteiger partial charge in [-0.15, -0.1) is 0 Å². The highest BCUT2D eigenvalue weighted by Crippen LogP contribution is 2.21. The summed E-state index contributed by atoms with van der Waals surface area (Å²) in [7, 11) is 0. The molecule has 0 unspecified atom stereocenters. The lowest BCUT2D eigenvalue weighted by Crippen LogP contribution is -2.43. The van der Waals surface area contributed by atoms with Gasteiger partial charge >= 0.3 is 6.18 Å². The van der Waals surface area contributed by atoms with Gasteiger partial charge in [0.1, 0.15) is 0 Å². The van der Waals surface area contributed by atoms with E-state index in [0.29, 0.717) is 12.6 Å². The maximum atomic E-state index is 11.9. The molecule has 5 heteroatoms. The van der Waals surface area contributed by atoms with E-state index >= 15 is 0 Å². The number of rotatable bonds is 6. The summed E-state index contributed by atoms with van der Waals surface area (Å²) in [6.07, 6.45) is -1.19.